The Hall–Kier alpha value is -1.07. The fourth-order valence-electron chi connectivity index (χ4n) is 0. The summed E-state index contributed by atoms with van der Waals surface area (Å²) in [6.45, 7) is 20.2. The molecule has 0 N–H and O–H groups in total. The second kappa shape index (κ2) is 44.3. The van der Waals surface area contributed by atoms with Gasteiger partial charge in [-0.05, 0) is 0 Å². The molecule has 0 heterocycles. The van der Waals surface area contributed by atoms with E-state index < -0.39 is 0 Å². The number of rotatable bonds is 3. The van der Waals surface area contributed by atoms with E-state index >= 15 is 0 Å². The minimum Gasteiger partial charge on any atom is -0.0991 e. The Morgan fingerprint density at radius 2 is 0.462 bits per heavy atom. The smallest absolute Gasteiger partial charge is 0 e. The monoisotopic (exact) mass is 220 g/mol. The van der Waals surface area contributed by atoms with Crippen LogP contribution >= 0.6 is 0 Å². The van der Waals surface area contributed by atoms with Gasteiger partial charge in [-0.1, -0.05) is 75.9 Å². The summed E-state index contributed by atoms with van der Waals surface area (Å²) in [4.78, 5) is 0. The van der Waals surface area contributed by atoms with Gasteiger partial charge in [0.15, 0.2) is 0 Å². The van der Waals surface area contributed by atoms with E-state index in [0.717, 1.165) is 0 Å². The molecule has 13 heavy (non-hydrogen) atoms. The van der Waals surface area contributed by atoms with Crippen LogP contribution in [0.25, 0.3) is 0 Å². The molecule has 0 saturated carbocycles. The molecule has 0 aromatic carbocycles. The first kappa shape index (κ1) is 22.7. The molecular formula is C12H18Ni. The van der Waals surface area contributed by atoms with Crippen molar-refractivity contribution in [2.45, 2.75) is 0 Å². The molecule has 0 bridgehead atoms. The van der Waals surface area contributed by atoms with Crippen LogP contribution in [0.5, 0.6) is 0 Å². The first-order valence-electron chi connectivity index (χ1n) is 3.45. The van der Waals surface area contributed by atoms with Crippen LogP contribution in [0.3, 0.4) is 0 Å². The van der Waals surface area contributed by atoms with Crippen LogP contribution in [0.15, 0.2) is 75.9 Å². The molecule has 0 aromatic rings. The van der Waals surface area contributed by atoms with Crippen molar-refractivity contribution in [1.29, 1.82) is 0 Å². The first-order chi connectivity index (χ1) is 5.74. The van der Waals surface area contributed by atoms with Gasteiger partial charge >= 0.3 is 0 Å². The van der Waals surface area contributed by atoms with Crippen LogP contribution in [0.1, 0.15) is 0 Å². The Labute approximate surface area is 92.7 Å². The molecule has 0 rings (SSSR count). The molecule has 0 fully saturated rings. The molecule has 0 aliphatic carbocycles. The van der Waals surface area contributed by atoms with Crippen LogP contribution < -0.4 is 0 Å². The maximum atomic E-state index is 3.36. The predicted octanol–water partition coefficient (Wildman–Crippen LogP) is 4.07. The zero-order valence-electron chi connectivity index (χ0n) is 8.02. The normalized spacial score (nSPS) is 4.62. The van der Waals surface area contributed by atoms with E-state index in [0.29, 0.717) is 0 Å². The molecule has 0 atom stereocenters. The third-order valence-electron chi connectivity index (χ3n) is 0.500. The molecule has 0 saturated heterocycles. The topological polar surface area (TPSA) is 0 Å². The molecule has 0 nitrogen and oxygen atoms in total. The van der Waals surface area contributed by atoms with Crippen LogP contribution in [0.4, 0.5) is 0 Å². The minimum absolute atomic E-state index is 0. The SMILES string of the molecule is C=CC=C.C=CC=C.C=CC=C.[Ni]. The fraction of sp³-hybridized carbons (Fsp3) is 0. The van der Waals surface area contributed by atoms with Crippen LogP contribution in [-0.2, 0) is 16.5 Å². The molecule has 0 unspecified atom stereocenters. The maximum Gasteiger partial charge on any atom is 0 e. The fourth-order valence-corrected chi connectivity index (χ4v) is 0. The summed E-state index contributed by atoms with van der Waals surface area (Å²) in [6, 6.07) is 0. The zero-order chi connectivity index (χ0) is 10.2. The van der Waals surface area contributed by atoms with E-state index in [2.05, 4.69) is 39.5 Å². The van der Waals surface area contributed by atoms with Gasteiger partial charge in [0, 0.05) is 16.5 Å². The van der Waals surface area contributed by atoms with Crippen molar-refractivity contribution in [2.24, 2.45) is 0 Å². The summed E-state index contributed by atoms with van der Waals surface area (Å²) in [5.74, 6) is 0. The molecule has 0 aliphatic rings. The second-order valence-electron chi connectivity index (χ2n) is 1.41. The summed E-state index contributed by atoms with van der Waals surface area (Å²) in [5.41, 5.74) is 0. The molecule has 0 aromatic heterocycles. The summed E-state index contributed by atoms with van der Waals surface area (Å²) >= 11 is 0. The summed E-state index contributed by atoms with van der Waals surface area (Å²) < 4.78 is 0. The average molecular weight is 221 g/mol. The van der Waals surface area contributed by atoms with Crippen LogP contribution in [0, 0.1) is 0 Å². The summed E-state index contributed by atoms with van der Waals surface area (Å²) in [6.07, 6.45) is 9.83. The Bertz CT molecular complexity index is 96.7. The third kappa shape index (κ3) is 233. The van der Waals surface area contributed by atoms with Gasteiger partial charge in [0.1, 0.15) is 0 Å². The van der Waals surface area contributed by atoms with E-state index in [9.17, 15) is 0 Å². The molecule has 76 valence electrons. The van der Waals surface area contributed by atoms with Crippen molar-refractivity contribution in [3.8, 4) is 0 Å². The zero-order valence-corrected chi connectivity index (χ0v) is 9.01. The van der Waals surface area contributed by atoms with Gasteiger partial charge < -0.3 is 0 Å². The van der Waals surface area contributed by atoms with Gasteiger partial charge in [0.05, 0.1) is 0 Å². The van der Waals surface area contributed by atoms with Crippen molar-refractivity contribution in [1.82, 2.24) is 0 Å². The summed E-state index contributed by atoms with van der Waals surface area (Å²) in [7, 11) is 0. The van der Waals surface area contributed by atoms with E-state index in [1.165, 1.54) is 0 Å². The number of allylic oxidation sites excluding steroid dienone is 6. The minimum atomic E-state index is 0. The predicted molar refractivity (Wildman–Crippen MR) is 61.2 cm³/mol. The van der Waals surface area contributed by atoms with Gasteiger partial charge in [0.25, 0.3) is 0 Å². The number of hydrogen-bond acceptors (Lipinski definition) is 0. The summed E-state index contributed by atoms with van der Waals surface area (Å²) in [5, 5.41) is 0. The van der Waals surface area contributed by atoms with Gasteiger partial charge in [0.2, 0.25) is 0 Å². The Balaban J connectivity index is -0.0000000450. The quantitative estimate of drug-likeness (QED) is 0.497. The van der Waals surface area contributed by atoms with Crippen molar-refractivity contribution >= 4 is 0 Å². The molecule has 0 aliphatic heterocycles. The van der Waals surface area contributed by atoms with Crippen LogP contribution in [-0.4, -0.2) is 0 Å². The van der Waals surface area contributed by atoms with Crippen molar-refractivity contribution < 1.29 is 16.5 Å². The van der Waals surface area contributed by atoms with Gasteiger partial charge in [-0.15, -0.1) is 0 Å². The van der Waals surface area contributed by atoms with E-state index in [1.807, 2.05) is 0 Å². The molecule has 0 spiro atoms. The maximum absolute atomic E-state index is 3.36. The van der Waals surface area contributed by atoms with E-state index in [-0.39, 0.29) is 16.5 Å². The van der Waals surface area contributed by atoms with Crippen LogP contribution in [0.2, 0.25) is 0 Å². The molecule has 0 radical (unpaired) electrons. The molecular weight excluding hydrogens is 203 g/mol. The van der Waals surface area contributed by atoms with Crippen molar-refractivity contribution in [3.63, 3.8) is 0 Å². The number of hydrogen-bond donors (Lipinski definition) is 0. The Kier molecular flexibility index (Phi) is 77.3. The Morgan fingerprint density at radius 3 is 0.462 bits per heavy atom. The average Bonchev–Trinajstić information content (AvgIpc) is 2.18. The first-order valence-corrected chi connectivity index (χ1v) is 3.45. The van der Waals surface area contributed by atoms with E-state index in [1.54, 1.807) is 36.5 Å². The molecule has 1 heteroatoms. The Morgan fingerprint density at radius 1 is 0.385 bits per heavy atom. The standard InChI is InChI=1S/3C4H6.Ni/c3*1-3-4-2;/h3*3-4H,1-2H2;. The van der Waals surface area contributed by atoms with Gasteiger partial charge in [-0.25, -0.2) is 0 Å². The van der Waals surface area contributed by atoms with E-state index in [4.69, 9.17) is 0 Å². The molecule has 0 amide bonds. The van der Waals surface area contributed by atoms with Crippen molar-refractivity contribution in [2.75, 3.05) is 0 Å². The van der Waals surface area contributed by atoms with Crippen molar-refractivity contribution in [3.05, 3.63) is 75.9 Å². The third-order valence-corrected chi connectivity index (χ3v) is 0.500. The second-order valence-corrected chi connectivity index (χ2v) is 1.41. The largest absolute Gasteiger partial charge is 0.0991 e. The van der Waals surface area contributed by atoms with Gasteiger partial charge in [-0.2, -0.15) is 0 Å². The van der Waals surface area contributed by atoms with Gasteiger partial charge in [-0.3, -0.25) is 0 Å².